The lowest BCUT2D eigenvalue weighted by atomic mass is 10.1. The average Bonchev–Trinajstić information content (AvgIpc) is 2.75. The van der Waals surface area contributed by atoms with Crippen LogP contribution in [0, 0.1) is 20.8 Å². The molecule has 1 aromatic heterocycles. The number of carbonyl (C=O) groups is 2. The maximum atomic E-state index is 12.7. The highest BCUT2D eigenvalue weighted by Crippen LogP contribution is 2.25. The fourth-order valence-electron chi connectivity index (χ4n) is 2.13. The molecule has 0 saturated heterocycles. The summed E-state index contributed by atoms with van der Waals surface area (Å²) in [5.41, 5.74) is 2.22. The van der Waals surface area contributed by atoms with E-state index in [9.17, 15) is 9.59 Å². The van der Waals surface area contributed by atoms with Crippen LogP contribution in [-0.2, 0) is 4.79 Å². The van der Waals surface area contributed by atoms with Crippen molar-refractivity contribution in [3.05, 3.63) is 51.2 Å². The van der Waals surface area contributed by atoms with Gasteiger partial charge in [-0.25, -0.2) is 0 Å². The molecule has 110 valence electrons. The average molecular weight is 303 g/mol. The minimum absolute atomic E-state index is 0.275. The molecule has 1 aromatic carbocycles. The van der Waals surface area contributed by atoms with Crippen molar-refractivity contribution in [2.24, 2.45) is 0 Å². The minimum atomic E-state index is -1.03. The van der Waals surface area contributed by atoms with Crippen molar-refractivity contribution in [2.75, 3.05) is 11.4 Å². The SMILES string of the molecule is Cc1ccc(N(CC(=O)O)C(=O)c2cc(C)sc2C)cc1. The number of carbonyl (C=O) groups excluding carboxylic acids is 1. The Kier molecular flexibility index (Phi) is 4.43. The van der Waals surface area contributed by atoms with E-state index in [0.717, 1.165) is 15.3 Å². The van der Waals surface area contributed by atoms with Crippen LogP contribution in [0.3, 0.4) is 0 Å². The van der Waals surface area contributed by atoms with Crippen molar-refractivity contribution in [1.82, 2.24) is 0 Å². The molecule has 0 bridgehead atoms. The molecule has 0 fully saturated rings. The number of amides is 1. The highest BCUT2D eigenvalue weighted by Gasteiger charge is 2.23. The Balaban J connectivity index is 2.40. The third-order valence-corrected chi connectivity index (χ3v) is 4.12. The second-order valence-corrected chi connectivity index (χ2v) is 6.41. The Morgan fingerprint density at radius 2 is 1.76 bits per heavy atom. The predicted molar refractivity (Wildman–Crippen MR) is 84.3 cm³/mol. The predicted octanol–water partition coefficient (Wildman–Crippen LogP) is 3.40. The molecule has 4 nitrogen and oxygen atoms in total. The molecule has 2 aromatic rings. The fraction of sp³-hybridized carbons (Fsp3) is 0.250. The molecule has 2 rings (SSSR count). The molecule has 5 heteroatoms. The monoisotopic (exact) mass is 303 g/mol. The van der Waals surface area contributed by atoms with Gasteiger partial charge >= 0.3 is 5.97 Å². The number of carboxylic acid groups (broad SMARTS) is 1. The highest BCUT2D eigenvalue weighted by atomic mass is 32.1. The van der Waals surface area contributed by atoms with Gasteiger partial charge < -0.3 is 5.11 Å². The van der Waals surface area contributed by atoms with Gasteiger partial charge in [0.25, 0.3) is 5.91 Å². The number of carboxylic acids is 1. The van der Waals surface area contributed by atoms with Crippen LogP contribution < -0.4 is 4.90 Å². The molecule has 0 saturated carbocycles. The number of aliphatic carboxylic acids is 1. The van der Waals surface area contributed by atoms with Gasteiger partial charge in [-0.1, -0.05) is 17.7 Å². The number of anilines is 1. The number of hydrogen-bond donors (Lipinski definition) is 1. The van der Waals surface area contributed by atoms with Gasteiger partial charge in [-0.3, -0.25) is 14.5 Å². The van der Waals surface area contributed by atoms with E-state index < -0.39 is 5.97 Å². The number of aryl methyl sites for hydroxylation is 3. The molecule has 21 heavy (non-hydrogen) atoms. The smallest absolute Gasteiger partial charge is 0.323 e. The van der Waals surface area contributed by atoms with Gasteiger partial charge in [0.1, 0.15) is 6.54 Å². The second kappa shape index (κ2) is 6.10. The first-order chi connectivity index (χ1) is 9.88. The lowest BCUT2D eigenvalue weighted by molar-refractivity contribution is -0.135. The van der Waals surface area contributed by atoms with E-state index in [-0.39, 0.29) is 12.5 Å². The van der Waals surface area contributed by atoms with Crippen LogP contribution in [0.15, 0.2) is 30.3 Å². The van der Waals surface area contributed by atoms with Crippen LogP contribution in [0.4, 0.5) is 5.69 Å². The Labute approximate surface area is 127 Å². The summed E-state index contributed by atoms with van der Waals surface area (Å²) >= 11 is 1.54. The summed E-state index contributed by atoms with van der Waals surface area (Å²) in [6.07, 6.45) is 0. The Morgan fingerprint density at radius 3 is 2.24 bits per heavy atom. The summed E-state index contributed by atoms with van der Waals surface area (Å²) in [4.78, 5) is 27.0. The van der Waals surface area contributed by atoms with Gasteiger partial charge in [-0.2, -0.15) is 0 Å². The largest absolute Gasteiger partial charge is 0.480 e. The molecule has 1 heterocycles. The number of rotatable bonds is 4. The summed E-state index contributed by atoms with van der Waals surface area (Å²) < 4.78 is 0. The third-order valence-electron chi connectivity index (χ3n) is 3.16. The third kappa shape index (κ3) is 3.49. The summed E-state index contributed by atoms with van der Waals surface area (Å²) in [6.45, 7) is 5.40. The zero-order chi connectivity index (χ0) is 15.6. The van der Waals surface area contributed by atoms with Gasteiger partial charge in [0.05, 0.1) is 5.56 Å². The highest BCUT2D eigenvalue weighted by molar-refractivity contribution is 7.12. The molecular formula is C16H17NO3S. The van der Waals surface area contributed by atoms with E-state index in [0.29, 0.717) is 11.3 Å². The Bertz CT molecular complexity index is 673. The van der Waals surface area contributed by atoms with Crippen LogP contribution in [0.25, 0.3) is 0 Å². The summed E-state index contributed by atoms with van der Waals surface area (Å²) in [6, 6.07) is 9.08. The molecular weight excluding hydrogens is 286 g/mol. The van der Waals surface area contributed by atoms with Crippen molar-refractivity contribution in [3.63, 3.8) is 0 Å². The minimum Gasteiger partial charge on any atom is -0.480 e. The number of thiophene rings is 1. The zero-order valence-corrected chi connectivity index (χ0v) is 13.0. The first-order valence-corrected chi connectivity index (χ1v) is 7.37. The number of benzene rings is 1. The van der Waals surface area contributed by atoms with Gasteiger partial charge in [0, 0.05) is 15.4 Å². The Morgan fingerprint density at radius 1 is 1.14 bits per heavy atom. The molecule has 0 radical (unpaired) electrons. The van der Waals surface area contributed by atoms with Crippen molar-refractivity contribution >= 4 is 28.9 Å². The van der Waals surface area contributed by atoms with E-state index in [1.54, 1.807) is 12.1 Å². The van der Waals surface area contributed by atoms with Crippen LogP contribution >= 0.6 is 11.3 Å². The molecule has 0 spiro atoms. The molecule has 1 amide bonds. The van der Waals surface area contributed by atoms with Gasteiger partial charge in [0.2, 0.25) is 0 Å². The lowest BCUT2D eigenvalue weighted by Crippen LogP contribution is -2.35. The van der Waals surface area contributed by atoms with Crippen LogP contribution in [0.2, 0.25) is 0 Å². The molecule has 0 unspecified atom stereocenters. The number of nitrogens with zero attached hydrogens (tertiary/aromatic N) is 1. The van der Waals surface area contributed by atoms with Gasteiger partial charge in [-0.05, 0) is 39.0 Å². The summed E-state index contributed by atoms with van der Waals surface area (Å²) in [5, 5.41) is 9.08. The Hall–Kier alpha value is -2.14. The zero-order valence-electron chi connectivity index (χ0n) is 12.2. The maximum absolute atomic E-state index is 12.7. The van der Waals surface area contributed by atoms with Gasteiger partial charge in [-0.15, -0.1) is 11.3 Å². The standard InChI is InChI=1S/C16H17NO3S/c1-10-4-6-13(7-5-10)17(9-15(18)19)16(20)14-8-11(2)21-12(14)3/h4-8H,9H2,1-3H3,(H,18,19). The van der Waals surface area contributed by atoms with E-state index >= 15 is 0 Å². The van der Waals surface area contributed by atoms with Crippen molar-refractivity contribution in [3.8, 4) is 0 Å². The van der Waals surface area contributed by atoms with E-state index in [1.807, 2.05) is 39.0 Å². The van der Waals surface area contributed by atoms with Crippen molar-refractivity contribution in [2.45, 2.75) is 20.8 Å². The van der Waals surface area contributed by atoms with Crippen molar-refractivity contribution < 1.29 is 14.7 Å². The maximum Gasteiger partial charge on any atom is 0.323 e. The summed E-state index contributed by atoms with van der Waals surface area (Å²) in [7, 11) is 0. The molecule has 0 aliphatic carbocycles. The fourth-order valence-corrected chi connectivity index (χ4v) is 3.04. The lowest BCUT2D eigenvalue weighted by Gasteiger charge is -2.21. The van der Waals surface area contributed by atoms with Gasteiger partial charge in [0.15, 0.2) is 0 Å². The van der Waals surface area contributed by atoms with E-state index in [4.69, 9.17) is 5.11 Å². The quantitative estimate of drug-likeness (QED) is 0.941. The van der Waals surface area contributed by atoms with Crippen molar-refractivity contribution in [1.29, 1.82) is 0 Å². The first-order valence-electron chi connectivity index (χ1n) is 6.56. The van der Waals surface area contributed by atoms with E-state index in [2.05, 4.69) is 0 Å². The van der Waals surface area contributed by atoms with E-state index in [1.165, 1.54) is 16.2 Å². The topological polar surface area (TPSA) is 57.6 Å². The molecule has 0 aliphatic heterocycles. The number of hydrogen-bond acceptors (Lipinski definition) is 3. The molecule has 1 N–H and O–H groups in total. The molecule has 0 atom stereocenters. The van der Waals surface area contributed by atoms with Crippen LogP contribution in [0.5, 0.6) is 0 Å². The van der Waals surface area contributed by atoms with Crippen LogP contribution in [0.1, 0.15) is 25.7 Å². The molecule has 0 aliphatic rings. The first kappa shape index (κ1) is 15.3. The normalized spacial score (nSPS) is 10.4. The second-order valence-electron chi connectivity index (χ2n) is 4.95. The van der Waals surface area contributed by atoms with Crippen LogP contribution in [-0.4, -0.2) is 23.5 Å². The summed E-state index contributed by atoms with van der Waals surface area (Å²) in [5.74, 6) is -1.31.